The van der Waals surface area contributed by atoms with E-state index in [2.05, 4.69) is 5.32 Å². The molecule has 8 heteroatoms. The molecule has 4 saturated heterocycles. The average molecular weight is 359 g/mol. The molecule has 25 heavy (non-hydrogen) atoms. The Labute approximate surface area is 148 Å². The highest BCUT2D eigenvalue weighted by Crippen LogP contribution is 2.24. The molecule has 0 aromatic rings. The van der Waals surface area contributed by atoms with Crippen LogP contribution < -0.4 is 5.32 Å². The SMILES string of the molecule is C1NC1COCC(COCC1CO1)(COCC1CO1)COCC1CO1. The van der Waals surface area contributed by atoms with Crippen molar-refractivity contribution in [1.29, 1.82) is 0 Å². The van der Waals surface area contributed by atoms with Gasteiger partial charge < -0.3 is 38.5 Å². The summed E-state index contributed by atoms with van der Waals surface area (Å²) in [4.78, 5) is 0. The first kappa shape index (κ1) is 18.1. The van der Waals surface area contributed by atoms with Crippen LogP contribution in [0, 0.1) is 5.41 Å². The number of ether oxygens (including phenoxy) is 7. The van der Waals surface area contributed by atoms with E-state index < -0.39 is 0 Å². The zero-order valence-corrected chi connectivity index (χ0v) is 14.7. The number of epoxide rings is 3. The van der Waals surface area contributed by atoms with Gasteiger partial charge in [-0.3, -0.25) is 0 Å². The fourth-order valence-electron chi connectivity index (χ4n) is 2.58. The molecule has 0 spiro atoms. The summed E-state index contributed by atoms with van der Waals surface area (Å²) >= 11 is 0. The summed E-state index contributed by atoms with van der Waals surface area (Å²) in [6.07, 6.45) is 0.738. The quantitative estimate of drug-likeness (QED) is 0.358. The zero-order valence-electron chi connectivity index (χ0n) is 14.7. The number of rotatable bonds is 16. The van der Waals surface area contributed by atoms with Crippen molar-refractivity contribution in [2.24, 2.45) is 5.41 Å². The van der Waals surface area contributed by atoms with E-state index in [9.17, 15) is 0 Å². The second kappa shape index (κ2) is 8.58. The molecule has 4 aliphatic rings. The van der Waals surface area contributed by atoms with Crippen LogP contribution in [0.25, 0.3) is 0 Å². The van der Waals surface area contributed by atoms with Crippen LogP contribution in [0.5, 0.6) is 0 Å². The van der Waals surface area contributed by atoms with Crippen molar-refractivity contribution in [3.05, 3.63) is 0 Å². The van der Waals surface area contributed by atoms with Crippen LogP contribution in [-0.4, -0.2) is 104 Å². The third-order valence-corrected chi connectivity index (χ3v) is 4.56. The normalized spacial score (nSPS) is 34.6. The van der Waals surface area contributed by atoms with Crippen LogP contribution in [0.4, 0.5) is 0 Å². The standard InChI is InChI=1S/C17H29NO7/c1-13(18-1)2-19-9-17(10-20-3-14-6-23-14,11-21-4-15-7-24-15)12-22-5-16-8-25-16/h13-16,18H,1-12H2. The summed E-state index contributed by atoms with van der Waals surface area (Å²) in [6, 6.07) is 0.486. The lowest BCUT2D eigenvalue weighted by atomic mass is 9.92. The summed E-state index contributed by atoms with van der Waals surface area (Å²) in [5, 5.41) is 3.25. The van der Waals surface area contributed by atoms with Gasteiger partial charge in [0.05, 0.1) is 78.1 Å². The van der Waals surface area contributed by atoms with Gasteiger partial charge in [0.1, 0.15) is 18.3 Å². The Morgan fingerprint density at radius 2 is 1.04 bits per heavy atom. The number of hydrogen-bond acceptors (Lipinski definition) is 8. The summed E-state index contributed by atoms with van der Waals surface area (Å²) < 4.78 is 39.3. The zero-order chi connectivity index (χ0) is 17.0. The fourth-order valence-corrected chi connectivity index (χ4v) is 2.58. The molecule has 4 aliphatic heterocycles. The molecule has 0 saturated carbocycles. The third kappa shape index (κ3) is 7.07. The summed E-state index contributed by atoms with van der Waals surface area (Å²) in [6.45, 7) is 8.11. The molecule has 4 unspecified atom stereocenters. The average Bonchev–Trinajstić information content (AvgIpc) is 3.44. The van der Waals surface area contributed by atoms with Crippen LogP contribution in [-0.2, 0) is 33.2 Å². The lowest BCUT2D eigenvalue weighted by molar-refractivity contribution is -0.109. The van der Waals surface area contributed by atoms with E-state index in [0.717, 1.165) is 26.4 Å². The molecule has 0 aromatic carbocycles. The maximum Gasteiger partial charge on any atom is 0.104 e. The largest absolute Gasteiger partial charge is 0.379 e. The van der Waals surface area contributed by atoms with Gasteiger partial charge in [0, 0.05) is 12.6 Å². The van der Waals surface area contributed by atoms with Crippen molar-refractivity contribution in [3.8, 4) is 0 Å². The van der Waals surface area contributed by atoms with E-state index in [1.54, 1.807) is 0 Å². The Morgan fingerprint density at radius 3 is 1.36 bits per heavy atom. The maximum atomic E-state index is 5.95. The molecule has 4 heterocycles. The number of nitrogens with one attached hydrogen (secondary N) is 1. The molecular weight excluding hydrogens is 330 g/mol. The lowest BCUT2D eigenvalue weighted by Gasteiger charge is -2.33. The first-order chi connectivity index (χ1) is 12.3. The Morgan fingerprint density at radius 1 is 0.680 bits per heavy atom. The second-order valence-corrected chi connectivity index (χ2v) is 7.53. The van der Waals surface area contributed by atoms with Crippen LogP contribution >= 0.6 is 0 Å². The van der Waals surface area contributed by atoms with Gasteiger partial charge in [-0.15, -0.1) is 0 Å². The monoisotopic (exact) mass is 359 g/mol. The number of hydrogen-bond donors (Lipinski definition) is 1. The lowest BCUT2D eigenvalue weighted by Crippen LogP contribution is -2.43. The van der Waals surface area contributed by atoms with Crippen molar-refractivity contribution in [3.63, 3.8) is 0 Å². The highest BCUT2D eigenvalue weighted by molar-refractivity contribution is 4.85. The molecule has 0 bridgehead atoms. The minimum absolute atomic E-state index is 0.246. The molecule has 0 aliphatic carbocycles. The van der Waals surface area contributed by atoms with E-state index in [4.69, 9.17) is 33.2 Å². The van der Waals surface area contributed by atoms with Crippen molar-refractivity contribution in [2.45, 2.75) is 24.4 Å². The van der Waals surface area contributed by atoms with Crippen molar-refractivity contribution in [2.75, 3.05) is 79.2 Å². The van der Waals surface area contributed by atoms with Gasteiger partial charge in [-0.2, -0.15) is 0 Å². The molecular formula is C17H29NO7. The summed E-state index contributed by atoms with van der Waals surface area (Å²) in [5.41, 5.74) is -0.326. The Bertz CT molecular complexity index is 330. The van der Waals surface area contributed by atoms with Gasteiger partial charge in [0.2, 0.25) is 0 Å². The van der Waals surface area contributed by atoms with Gasteiger partial charge in [-0.25, -0.2) is 0 Å². The second-order valence-electron chi connectivity index (χ2n) is 7.53. The van der Waals surface area contributed by atoms with E-state index in [1.807, 2.05) is 0 Å². The van der Waals surface area contributed by atoms with Crippen molar-refractivity contribution >= 4 is 0 Å². The first-order valence-corrected chi connectivity index (χ1v) is 9.20. The summed E-state index contributed by atoms with van der Waals surface area (Å²) in [5.74, 6) is 0. The molecule has 0 amide bonds. The third-order valence-electron chi connectivity index (χ3n) is 4.56. The first-order valence-electron chi connectivity index (χ1n) is 9.20. The molecule has 1 N–H and O–H groups in total. The summed E-state index contributed by atoms with van der Waals surface area (Å²) in [7, 11) is 0. The van der Waals surface area contributed by atoms with Gasteiger partial charge in [0.25, 0.3) is 0 Å². The van der Waals surface area contributed by atoms with Crippen LogP contribution in [0.2, 0.25) is 0 Å². The molecule has 0 radical (unpaired) electrons. The predicted molar refractivity (Wildman–Crippen MR) is 86.7 cm³/mol. The molecule has 8 nitrogen and oxygen atoms in total. The predicted octanol–water partition coefficient (Wildman–Crippen LogP) is -0.793. The van der Waals surface area contributed by atoms with Crippen LogP contribution in [0.15, 0.2) is 0 Å². The van der Waals surface area contributed by atoms with Crippen LogP contribution in [0.1, 0.15) is 0 Å². The topological polar surface area (TPSA) is 96.5 Å². The van der Waals surface area contributed by atoms with E-state index in [1.165, 1.54) is 0 Å². The minimum atomic E-state index is -0.326. The van der Waals surface area contributed by atoms with Gasteiger partial charge in [-0.1, -0.05) is 0 Å². The van der Waals surface area contributed by atoms with Gasteiger partial charge >= 0.3 is 0 Å². The van der Waals surface area contributed by atoms with Crippen LogP contribution in [0.3, 0.4) is 0 Å². The Hall–Kier alpha value is -0.320. The van der Waals surface area contributed by atoms with Crippen molar-refractivity contribution < 1.29 is 33.2 Å². The van der Waals surface area contributed by atoms with Gasteiger partial charge in [-0.05, 0) is 0 Å². The van der Waals surface area contributed by atoms with E-state index in [0.29, 0.717) is 58.9 Å². The van der Waals surface area contributed by atoms with E-state index >= 15 is 0 Å². The minimum Gasteiger partial charge on any atom is -0.379 e. The molecule has 144 valence electrons. The molecule has 4 atom stereocenters. The fraction of sp³-hybridized carbons (Fsp3) is 1.00. The molecule has 0 aromatic heterocycles. The highest BCUT2D eigenvalue weighted by atomic mass is 16.6. The Kier molecular flexibility index (Phi) is 6.20. The van der Waals surface area contributed by atoms with Crippen molar-refractivity contribution in [1.82, 2.24) is 5.32 Å². The van der Waals surface area contributed by atoms with Gasteiger partial charge in [0.15, 0.2) is 0 Å². The Balaban J connectivity index is 1.27. The highest BCUT2D eigenvalue weighted by Gasteiger charge is 2.36. The smallest absolute Gasteiger partial charge is 0.104 e. The molecule has 4 fully saturated rings. The maximum absolute atomic E-state index is 5.95. The van der Waals surface area contributed by atoms with E-state index in [-0.39, 0.29) is 23.7 Å². The molecule has 4 rings (SSSR count).